The summed E-state index contributed by atoms with van der Waals surface area (Å²) in [5.74, 6) is -0.444. The van der Waals surface area contributed by atoms with Gasteiger partial charge in [0.2, 0.25) is 0 Å². The fourth-order valence-electron chi connectivity index (χ4n) is 0.750. The van der Waals surface area contributed by atoms with Gasteiger partial charge in [-0.25, -0.2) is 0 Å². The van der Waals surface area contributed by atoms with Crippen LogP contribution in [-0.4, -0.2) is 24.7 Å². The van der Waals surface area contributed by atoms with E-state index in [-0.39, 0.29) is 0 Å². The van der Waals surface area contributed by atoms with E-state index in [4.69, 9.17) is 5.73 Å². The summed E-state index contributed by atoms with van der Waals surface area (Å²) < 4.78 is 12.4. The second-order valence-electron chi connectivity index (χ2n) is 2.85. The first kappa shape index (κ1) is 9.87. The summed E-state index contributed by atoms with van der Waals surface area (Å²) in [5, 5.41) is 0. The molecule has 0 aliphatic rings. The molecule has 0 saturated carbocycles. The molecule has 0 aromatic carbocycles. The Balaban J connectivity index is 3.08. The van der Waals surface area contributed by atoms with Crippen molar-refractivity contribution >= 4 is 38.9 Å². The minimum absolute atomic E-state index is 0.444. The molecule has 1 rings (SSSR count). The van der Waals surface area contributed by atoms with Crippen LogP contribution in [0.3, 0.4) is 0 Å². The summed E-state index contributed by atoms with van der Waals surface area (Å²) >= 11 is -1.84. The molecule has 1 heterocycles. The van der Waals surface area contributed by atoms with Gasteiger partial charge in [0.15, 0.2) is 0 Å². The number of carbonyl (C=O) groups excluding carboxylic acids is 1. The Morgan fingerprint density at radius 1 is 1.50 bits per heavy atom. The Labute approximate surface area is 79.0 Å². The predicted molar refractivity (Wildman–Crippen MR) is 50.6 cm³/mol. The number of hydrogen-bond donors (Lipinski definition) is 1. The fraction of sp³-hybridized carbons (Fsp3) is 0.286. The molecule has 0 bridgehead atoms. The first-order valence-electron chi connectivity index (χ1n) is 3.36. The van der Waals surface area contributed by atoms with Crippen LogP contribution in [0.5, 0.6) is 0 Å². The van der Waals surface area contributed by atoms with E-state index in [0.29, 0.717) is 4.88 Å². The van der Waals surface area contributed by atoms with Crippen LogP contribution in [0.1, 0.15) is 9.67 Å². The quantitative estimate of drug-likeness (QED) is 0.816. The van der Waals surface area contributed by atoms with Crippen molar-refractivity contribution in [2.75, 3.05) is 0 Å². The Hall–Kier alpha value is -0.212. The minimum atomic E-state index is -3.09. The molecule has 0 radical (unpaired) electrons. The van der Waals surface area contributed by atoms with Crippen molar-refractivity contribution in [3.8, 4) is 0 Å². The van der Waals surface area contributed by atoms with Crippen LogP contribution in [0, 0.1) is 0 Å². The zero-order valence-electron chi connectivity index (χ0n) is 6.90. The summed E-state index contributed by atoms with van der Waals surface area (Å²) in [6.45, 7) is 0. The molecule has 0 atom stereocenters. The normalized spacial score (nSPS) is 11.5. The zero-order valence-corrected chi connectivity index (χ0v) is 10.3. The van der Waals surface area contributed by atoms with Crippen LogP contribution in [0.2, 0.25) is 9.74 Å². The van der Waals surface area contributed by atoms with Crippen LogP contribution < -0.4 is 8.56 Å². The molecule has 1 amide bonds. The summed E-state index contributed by atoms with van der Waals surface area (Å²) in [4.78, 5) is 14.7. The number of primary amides is 1. The number of amides is 1. The van der Waals surface area contributed by atoms with E-state index in [9.17, 15) is 7.81 Å². The molecule has 0 fully saturated rings. The third-order valence-corrected chi connectivity index (χ3v) is 9.45. The van der Waals surface area contributed by atoms with Gasteiger partial charge in [0.05, 0.1) is 0 Å². The van der Waals surface area contributed by atoms with Gasteiger partial charge in [0, 0.05) is 0 Å². The number of carbonyl (C=O) groups is 1. The van der Waals surface area contributed by atoms with Crippen molar-refractivity contribution in [1.29, 1.82) is 0 Å². The molecule has 1 aromatic rings. The first-order chi connectivity index (χ1) is 5.41. The van der Waals surface area contributed by atoms with E-state index in [2.05, 4.69) is 0 Å². The molecule has 0 aliphatic carbocycles. The Bertz CT molecular complexity index is 352. The van der Waals surface area contributed by atoms with Crippen LogP contribution in [0.4, 0.5) is 0 Å². The molecule has 3 nitrogen and oxygen atoms in total. The van der Waals surface area contributed by atoms with E-state index in [1.165, 1.54) is 11.3 Å². The maximum absolute atomic E-state index is 11.6. The van der Waals surface area contributed by atoms with Gasteiger partial charge in [-0.05, 0) is 0 Å². The summed E-state index contributed by atoms with van der Waals surface area (Å²) in [6.07, 6.45) is 0. The second kappa shape index (κ2) is 3.27. The number of hydrogen-bond acceptors (Lipinski definition) is 3. The predicted octanol–water partition coefficient (Wildman–Crippen LogP) is 0.690. The Kier molecular flexibility index (Phi) is 2.69. The van der Waals surface area contributed by atoms with Gasteiger partial charge < -0.3 is 0 Å². The molecule has 5 heteroatoms. The molecular formula is C7H10NO2SSb. The molecule has 1 aromatic heterocycles. The third-order valence-electron chi connectivity index (χ3n) is 1.37. The van der Waals surface area contributed by atoms with Crippen molar-refractivity contribution < 1.29 is 7.81 Å². The maximum atomic E-state index is 11.6. The van der Waals surface area contributed by atoms with E-state index >= 15 is 0 Å². The van der Waals surface area contributed by atoms with Crippen LogP contribution >= 0.6 is 11.3 Å². The monoisotopic (exact) mass is 293 g/mol. The van der Waals surface area contributed by atoms with Crippen molar-refractivity contribution in [3.63, 3.8) is 0 Å². The Morgan fingerprint density at radius 3 is 2.33 bits per heavy atom. The fourth-order valence-corrected chi connectivity index (χ4v) is 5.53. The number of nitrogens with two attached hydrogens (primary N) is 1. The van der Waals surface area contributed by atoms with Crippen molar-refractivity contribution in [1.82, 2.24) is 0 Å². The van der Waals surface area contributed by atoms with Gasteiger partial charge in [-0.15, -0.1) is 0 Å². The van der Waals surface area contributed by atoms with E-state index in [1.54, 1.807) is 21.9 Å². The first-order valence-corrected chi connectivity index (χ1v) is 11.6. The average Bonchev–Trinajstić information content (AvgIpc) is 2.30. The molecular weight excluding hydrogens is 284 g/mol. The summed E-state index contributed by atoms with van der Waals surface area (Å²) in [5.41, 5.74) is 5.06. The molecule has 0 spiro atoms. The Morgan fingerprint density at radius 2 is 2.08 bits per heavy atom. The van der Waals surface area contributed by atoms with Crippen molar-refractivity contribution in [2.45, 2.75) is 9.74 Å². The van der Waals surface area contributed by atoms with Gasteiger partial charge in [0.1, 0.15) is 0 Å². The number of rotatable bonds is 2. The second-order valence-corrected chi connectivity index (χ2v) is 13.9. The van der Waals surface area contributed by atoms with Crippen LogP contribution in [-0.2, 0) is 3.02 Å². The van der Waals surface area contributed by atoms with Gasteiger partial charge in [0.25, 0.3) is 0 Å². The average molecular weight is 294 g/mol. The van der Waals surface area contributed by atoms with E-state index in [1.807, 2.05) is 0 Å². The van der Waals surface area contributed by atoms with Gasteiger partial charge in [-0.3, -0.25) is 0 Å². The molecule has 66 valence electrons. The van der Waals surface area contributed by atoms with Gasteiger partial charge >= 0.3 is 79.2 Å². The van der Waals surface area contributed by atoms with Gasteiger partial charge in [-0.1, -0.05) is 0 Å². The van der Waals surface area contributed by atoms with Crippen molar-refractivity contribution in [2.24, 2.45) is 5.73 Å². The topological polar surface area (TPSA) is 60.2 Å². The number of thiophene rings is 1. The molecule has 0 unspecified atom stereocenters. The van der Waals surface area contributed by atoms with Gasteiger partial charge in [-0.2, -0.15) is 0 Å². The molecule has 2 N–H and O–H groups in total. The standard InChI is InChI=1S/C5H4NOS.2CH3.O.Sb/c6-5(7)4-2-1-3-8-4;;;;/h1-2H,(H2,6,7);2*1H3;;. The zero-order chi connectivity index (χ0) is 9.35. The summed E-state index contributed by atoms with van der Waals surface area (Å²) in [6, 6.07) is 3.37. The molecule has 0 saturated heterocycles. The third kappa shape index (κ3) is 2.14. The van der Waals surface area contributed by atoms with E-state index in [0.717, 1.165) is 2.82 Å². The SMILES string of the molecule is [CH3][Sb]([CH3])(=[O])[c]1ccc(C(N)=O)s1. The molecule has 12 heavy (non-hydrogen) atoms. The summed E-state index contributed by atoms with van der Waals surface area (Å²) in [7, 11) is 0. The van der Waals surface area contributed by atoms with Crippen LogP contribution in [0.25, 0.3) is 0 Å². The van der Waals surface area contributed by atoms with E-state index < -0.39 is 24.7 Å². The van der Waals surface area contributed by atoms with Crippen molar-refractivity contribution in [3.05, 3.63) is 17.0 Å². The molecule has 0 aliphatic heterocycles. The van der Waals surface area contributed by atoms with Crippen LogP contribution in [0.15, 0.2) is 12.1 Å².